The van der Waals surface area contributed by atoms with Crippen molar-refractivity contribution in [2.75, 3.05) is 24.6 Å². The van der Waals surface area contributed by atoms with E-state index in [1.165, 1.54) is 18.3 Å². The number of non-ortho nitro benzene ring substituents is 1. The lowest BCUT2D eigenvalue weighted by Crippen LogP contribution is -2.23. The summed E-state index contributed by atoms with van der Waals surface area (Å²) in [5, 5.41) is 23.4. The first-order valence-corrected chi connectivity index (χ1v) is 7.49. The Hall–Kier alpha value is -2.48. The lowest BCUT2D eigenvalue weighted by Gasteiger charge is -2.22. The molecule has 126 valence electrons. The molecule has 0 radical (unpaired) electrons. The van der Waals surface area contributed by atoms with Crippen LogP contribution in [-0.2, 0) is 4.79 Å². The number of carbonyl (C=O) groups excluding carboxylic acids is 1. The maximum atomic E-state index is 11.4. The van der Waals surface area contributed by atoms with Crippen LogP contribution in [0.4, 0.5) is 11.4 Å². The summed E-state index contributed by atoms with van der Waals surface area (Å²) in [6.45, 7) is 5.41. The second-order valence-electron chi connectivity index (χ2n) is 4.79. The molecule has 0 saturated carbocycles. The highest BCUT2D eigenvalue weighted by Gasteiger charge is 2.13. The standard InChI is InChI=1S/C15H22N4O4/c1-3-18(4-2)14-8-7-13(19(22)23)10-12(14)11-16-17-15(21)6-5-9-20/h7-8,10-11,20H,3-6,9H2,1-2H3,(H,17,21)/b16-11-. The number of hydrogen-bond acceptors (Lipinski definition) is 6. The fourth-order valence-corrected chi connectivity index (χ4v) is 2.08. The smallest absolute Gasteiger partial charge is 0.270 e. The summed E-state index contributed by atoms with van der Waals surface area (Å²) < 4.78 is 0. The van der Waals surface area contributed by atoms with Crippen LogP contribution in [0.5, 0.6) is 0 Å². The minimum atomic E-state index is -0.469. The highest BCUT2D eigenvalue weighted by Crippen LogP contribution is 2.24. The molecule has 0 spiro atoms. The Morgan fingerprint density at radius 2 is 2.13 bits per heavy atom. The third-order valence-electron chi connectivity index (χ3n) is 3.28. The molecule has 8 heteroatoms. The lowest BCUT2D eigenvalue weighted by atomic mass is 10.1. The average Bonchev–Trinajstić information content (AvgIpc) is 2.54. The number of rotatable bonds is 9. The van der Waals surface area contributed by atoms with Crippen molar-refractivity contribution < 1.29 is 14.8 Å². The van der Waals surface area contributed by atoms with Gasteiger partial charge in [-0.15, -0.1) is 0 Å². The molecule has 0 fully saturated rings. The summed E-state index contributed by atoms with van der Waals surface area (Å²) in [5.41, 5.74) is 3.69. The number of benzene rings is 1. The lowest BCUT2D eigenvalue weighted by molar-refractivity contribution is -0.384. The van der Waals surface area contributed by atoms with Crippen molar-refractivity contribution in [1.82, 2.24) is 5.43 Å². The van der Waals surface area contributed by atoms with E-state index in [1.807, 2.05) is 18.7 Å². The van der Waals surface area contributed by atoms with Crippen LogP contribution in [-0.4, -0.2) is 41.8 Å². The summed E-state index contributed by atoms with van der Waals surface area (Å²) in [6.07, 6.45) is 1.94. The molecule has 0 aliphatic heterocycles. The fraction of sp³-hybridized carbons (Fsp3) is 0.467. The molecule has 0 unspecified atom stereocenters. The first kappa shape index (κ1) is 18.6. The zero-order valence-corrected chi connectivity index (χ0v) is 13.4. The van der Waals surface area contributed by atoms with Gasteiger partial charge in [0, 0.05) is 49.5 Å². The van der Waals surface area contributed by atoms with E-state index in [9.17, 15) is 14.9 Å². The maximum absolute atomic E-state index is 11.4. The predicted molar refractivity (Wildman–Crippen MR) is 88.7 cm³/mol. The van der Waals surface area contributed by atoms with E-state index in [2.05, 4.69) is 10.5 Å². The number of nitro groups is 1. The summed E-state index contributed by atoms with van der Waals surface area (Å²) >= 11 is 0. The van der Waals surface area contributed by atoms with Crippen molar-refractivity contribution in [2.24, 2.45) is 5.10 Å². The SMILES string of the molecule is CCN(CC)c1ccc([N+](=O)[O-])cc1/C=N\NC(=O)CCCO. The average molecular weight is 322 g/mol. The summed E-state index contributed by atoms with van der Waals surface area (Å²) in [5.74, 6) is -0.315. The summed E-state index contributed by atoms with van der Waals surface area (Å²) in [7, 11) is 0. The van der Waals surface area contributed by atoms with Crippen LogP contribution in [0.1, 0.15) is 32.3 Å². The van der Waals surface area contributed by atoms with E-state index >= 15 is 0 Å². The predicted octanol–water partition coefficient (Wildman–Crippen LogP) is 1.66. The Labute approximate surface area is 134 Å². The van der Waals surface area contributed by atoms with Crippen LogP contribution in [0.2, 0.25) is 0 Å². The highest BCUT2D eigenvalue weighted by atomic mass is 16.6. The van der Waals surface area contributed by atoms with Crippen LogP contribution in [0.25, 0.3) is 0 Å². The quantitative estimate of drug-likeness (QED) is 0.408. The van der Waals surface area contributed by atoms with Gasteiger partial charge in [-0.2, -0.15) is 5.10 Å². The number of hydrazone groups is 1. The first-order valence-electron chi connectivity index (χ1n) is 7.49. The van der Waals surface area contributed by atoms with Gasteiger partial charge in [0.15, 0.2) is 0 Å². The Balaban J connectivity index is 2.98. The molecule has 0 bridgehead atoms. The minimum absolute atomic E-state index is 0.0334. The van der Waals surface area contributed by atoms with Gasteiger partial charge in [0.25, 0.3) is 5.69 Å². The Morgan fingerprint density at radius 1 is 1.43 bits per heavy atom. The number of nitrogens with one attached hydrogen (secondary N) is 1. The van der Waals surface area contributed by atoms with Crippen LogP contribution in [0.3, 0.4) is 0 Å². The topological polar surface area (TPSA) is 108 Å². The molecule has 0 saturated heterocycles. The Kier molecular flexibility index (Phi) is 7.69. The van der Waals surface area contributed by atoms with Crippen LogP contribution in [0, 0.1) is 10.1 Å². The molecule has 1 aromatic rings. The third kappa shape index (κ3) is 5.67. The van der Waals surface area contributed by atoms with E-state index in [-0.39, 0.29) is 24.6 Å². The van der Waals surface area contributed by atoms with Gasteiger partial charge >= 0.3 is 0 Å². The van der Waals surface area contributed by atoms with Crippen molar-refractivity contribution in [2.45, 2.75) is 26.7 Å². The molecule has 1 rings (SSSR count). The van der Waals surface area contributed by atoms with Gasteiger partial charge in [0.05, 0.1) is 11.1 Å². The summed E-state index contributed by atoms with van der Waals surface area (Å²) in [6, 6.07) is 4.56. The molecule has 2 N–H and O–H groups in total. The van der Waals surface area contributed by atoms with Gasteiger partial charge in [0.2, 0.25) is 5.91 Å². The van der Waals surface area contributed by atoms with E-state index in [0.717, 1.165) is 18.8 Å². The Bertz CT molecular complexity index is 571. The Morgan fingerprint density at radius 3 is 2.70 bits per heavy atom. The van der Waals surface area contributed by atoms with Gasteiger partial charge in [-0.3, -0.25) is 14.9 Å². The molecule has 23 heavy (non-hydrogen) atoms. The van der Waals surface area contributed by atoms with Crippen molar-refractivity contribution in [3.8, 4) is 0 Å². The van der Waals surface area contributed by atoms with Crippen molar-refractivity contribution in [3.63, 3.8) is 0 Å². The molecule has 1 aromatic carbocycles. The van der Waals surface area contributed by atoms with Gasteiger partial charge in [0.1, 0.15) is 0 Å². The van der Waals surface area contributed by atoms with Gasteiger partial charge in [-0.05, 0) is 26.3 Å². The second kappa shape index (κ2) is 9.52. The van der Waals surface area contributed by atoms with Crippen LogP contribution in [0.15, 0.2) is 23.3 Å². The molecule has 0 aliphatic carbocycles. The number of aliphatic hydroxyl groups is 1. The van der Waals surface area contributed by atoms with Gasteiger partial charge < -0.3 is 10.0 Å². The molecule has 8 nitrogen and oxygen atoms in total. The largest absolute Gasteiger partial charge is 0.396 e. The van der Waals surface area contributed by atoms with Crippen molar-refractivity contribution >= 4 is 23.5 Å². The molecule has 0 aliphatic rings. The van der Waals surface area contributed by atoms with E-state index in [1.54, 1.807) is 6.07 Å². The zero-order valence-electron chi connectivity index (χ0n) is 13.4. The molecular formula is C15H22N4O4. The van der Waals surface area contributed by atoms with Crippen molar-refractivity contribution in [1.29, 1.82) is 0 Å². The number of aliphatic hydroxyl groups excluding tert-OH is 1. The van der Waals surface area contributed by atoms with E-state index in [0.29, 0.717) is 12.0 Å². The molecule has 1 amide bonds. The molecule has 0 heterocycles. The monoisotopic (exact) mass is 322 g/mol. The third-order valence-corrected chi connectivity index (χ3v) is 3.28. The number of amides is 1. The molecule has 0 aromatic heterocycles. The zero-order chi connectivity index (χ0) is 17.2. The molecular weight excluding hydrogens is 300 g/mol. The fourth-order valence-electron chi connectivity index (χ4n) is 2.08. The van der Waals surface area contributed by atoms with Crippen molar-refractivity contribution in [3.05, 3.63) is 33.9 Å². The normalized spacial score (nSPS) is 10.7. The minimum Gasteiger partial charge on any atom is -0.396 e. The highest BCUT2D eigenvalue weighted by molar-refractivity contribution is 5.90. The first-order chi connectivity index (χ1) is 11.0. The number of nitrogens with zero attached hydrogens (tertiary/aromatic N) is 3. The molecule has 0 atom stereocenters. The van der Waals surface area contributed by atoms with Gasteiger partial charge in [-0.25, -0.2) is 5.43 Å². The summed E-state index contributed by atoms with van der Waals surface area (Å²) in [4.78, 5) is 23.9. The van der Waals surface area contributed by atoms with Gasteiger partial charge in [-0.1, -0.05) is 0 Å². The number of anilines is 1. The number of nitro benzene ring substituents is 1. The van der Waals surface area contributed by atoms with Crippen LogP contribution >= 0.6 is 0 Å². The maximum Gasteiger partial charge on any atom is 0.270 e. The number of hydrogen-bond donors (Lipinski definition) is 2. The van der Waals surface area contributed by atoms with Crippen LogP contribution < -0.4 is 10.3 Å². The number of carbonyl (C=O) groups is 1. The van der Waals surface area contributed by atoms with E-state index in [4.69, 9.17) is 5.11 Å². The van der Waals surface area contributed by atoms with E-state index < -0.39 is 4.92 Å². The second-order valence-corrected chi connectivity index (χ2v) is 4.79.